The van der Waals surface area contributed by atoms with E-state index in [0.29, 0.717) is 12.7 Å². The quantitative estimate of drug-likeness (QED) is 0.905. The Labute approximate surface area is 113 Å². The van der Waals surface area contributed by atoms with Gasteiger partial charge in [-0.15, -0.1) is 0 Å². The van der Waals surface area contributed by atoms with Gasteiger partial charge >= 0.3 is 0 Å². The fourth-order valence-electron chi connectivity index (χ4n) is 3.01. The van der Waals surface area contributed by atoms with Gasteiger partial charge in [-0.1, -0.05) is 6.92 Å². The topological polar surface area (TPSA) is 41.9 Å². The zero-order valence-corrected chi connectivity index (χ0v) is 11.3. The van der Waals surface area contributed by atoms with Crippen LogP contribution in [0.4, 0.5) is 0 Å². The second kappa shape index (κ2) is 5.39. The number of hydrogen-bond acceptors (Lipinski definition) is 4. The standard InChI is InChI=1S/C15H21NO3/c1-2-16(9-12-4-3-7-18-12)14-10-19-15-8-11(17)5-6-13(14)15/h5-6,8,12,14,17H,2-4,7,9-10H2,1H3. The van der Waals surface area contributed by atoms with E-state index in [9.17, 15) is 5.11 Å². The van der Waals surface area contributed by atoms with Crippen LogP contribution in [0, 0.1) is 0 Å². The lowest BCUT2D eigenvalue weighted by molar-refractivity contribution is 0.0543. The number of fused-ring (bicyclic) bond motifs is 1. The molecule has 0 spiro atoms. The van der Waals surface area contributed by atoms with Crippen LogP contribution in [0.3, 0.4) is 0 Å². The molecule has 4 nitrogen and oxygen atoms in total. The van der Waals surface area contributed by atoms with E-state index in [2.05, 4.69) is 11.8 Å². The van der Waals surface area contributed by atoms with Crippen molar-refractivity contribution in [3.05, 3.63) is 23.8 Å². The maximum atomic E-state index is 9.49. The van der Waals surface area contributed by atoms with Crippen molar-refractivity contribution in [2.45, 2.75) is 31.9 Å². The molecule has 2 unspecified atom stereocenters. The molecule has 19 heavy (non-hydrogen) atoms. The number of nitrogens with zero attached hydrogens (tertiary/aromatic N) is 1. The molecule has 0 amide bonds. The molecular formula is C15H21NO3. The fourth-order valence-corrected chi connectivity index (χ4v) is 3.01. The summed E-state index contributed by atoms with van der Waals surface area (Å²) in [4.78, 5) is 2.42. The van der Waals surface area contributed by atoms with E-state index in [4.69, 9.17) is 9.47 Å². The Bertz CT molecular complexity index is 443. The van der Waals surface area contributed by atoms with E-state index in [1.54, 1.807) is 12.1 Å². The third kappa shape index (κ3) is 2.55. The van der Waals surface area contributed by atoms with Gasteiger partial charge in [0, 0.05) is 24.8 Å². The first-order chi connectivity index (χ1) is 9.28. The number of phenols is 1. The van der Waals surface area contributed by atoms with Gasteiger partial charge in [0.25, 0.3) is 0 Å². The molecule has 2 aliphatic rings. The number of rotatable bonds is 4. The molecular weight excluding hydrogens is 242 g/mol. The normalized spacial score (nSPS) is 25.6. The average Bonchev–Trinajstić information content (AvgIpc) is 3.04. The molecule has 1 N–H and O–H groups in total. The molecule has 2 atom stereocenters. The summed E-state index contributed by atoms with van der Waals surface area (Å²) in [5.41, 5.74) is 1.18. The number of phenolic OH excluding ortho intramolecular Hbond substituents is 1. The lowest BCUT2D eigenvalue weighted by Gasteiger charge is -2.28. The summed E-state index contributed by atoms with van der Waals surface area (Å²) >= 11 is 0. The smallest absolute Gasteiger partial charge is 0.127 e. The third-order valence-corrected chi connectivity index (χ3v) is 4.06. The fraction of sp³-hybridized carbons (Fsp3) is 0.600. The Morgan fingerprint density at radius 2 is 2.32 bits per heavy atom. The summed E-state index contributed by atoms with van der Waals surface area (Å²) < 4.78 is 11.4. The van der Waals surface area contributed by atoms with Gasteiger partial charge in [-0.05, 0) is 31.5 Å². The minimum absolute atomic E-state index is 0.265. The van der Waals surface area contributed by atoms with Crippen molar-refractivity contribution in [1.82, 2.24) is 4.90 Å². The summed E-state index contributed by atoms with van der Waals surface area (Å²) in [5.74, 6) is 1.08. The van der Waals surface area contributed by atoms with Crippen LogP contribution in [0.15, 0.2) is 18.2 Å². The number of likely N-dealkylation sites (N-methyl/N-ethyl adjacent to an activating group) is 1. The first-order valence-electron chi connectivity index (χ1n) is 7.09. The molecule has 4 heteroatoms. The second-order valence-corrected chi connectivity index (χ2v) is 5.27. The van der Waals surface area contributed by atoms with E-state index >= 15 is 0 Å². The van der Waals surface area contributed by atoms with Gasteiger partial charge in [-0.3, -0.25) is 4.90 Å². The third-order valence-electron chi connectivity index (χ3n) is 4.06. The molecule has 1 fully saturated rings. The number of ether oxygens (including phenoxy) is 2. The monoisotopic (exact) mass is 263 g/mol. The maximum absolute atomic E-state index is 9.49. The van der Waals surface area contributed by atoms with Crippen molar-refractivity contribution < 1.29 is 14.6 Å². The highest BCUT2D eigenvalue weighted by molar-refractivity contribution is 5.44. The molecule has 1 aromatic rings. The highest BCUT2D eigenvalue weighted by Gasteiger charge is 2.31. The molecule has 3 rings (SSSR count). The molecule has 0 aromatic heterocycles. The Morgan fingerprint density at radius 3 is 3.05 bits per heavy atom. The van der Waals surface area contributed by atoms with E-state index in [0.717, 1.165) is 31.9 Å². The first kappa shape index (κ1) is 12.8. The Morgan fingerprint density at radius 1 is 1.42 bits per heavy atom. The lowest BCUT2D eigenvalue weighted by Crippen LogP contribution is -2.36. The lowest BCUT2D eigenvalue weighted by atomic mass is 10.1. The van der Waals surface area contributed by atoms with Crippen molar-refractivity contribution in [2.75, 3.05) is 26.3 Å². The van der Waals surface area contributed by atoms with Crippen LogP contribution in [-0.2, 0) is 4.74 Å². The van der Waals surface area contributed by atoms with E-state index < -0.39 is 0 Å². The zero-order valence-electron chi connectivity index (χ0n) is 11.3. The predicted octanol–water partition coefficient (Wildman–Crippen LogP) is 2.33. The minimum Gasteiger partial charge on any atom is -0.508 e. The number of benzene rings is 1. The summed E-state index contributed by atoms with van der Waals surface area (Å²) in [6, 6.07) is 5.70. The Balaban J connectivity index is 1.74. The molecule has 1 saturated heterocycles. The highest BCUT2D eigenvalue weighted by atomic mass is 16.5. The van der Waals surface area contributed by atoms with Crippen molar-refractivity contribution in [3.8, 4) is 11.5 Å². The second-order valence-electron chi connectivity index (χ2n) is 5.27. The summed E-state index contributed by atoms with van der Waals surface area (Å²) in [6.07, 6.45) is 2.70. The highest BCUT2D eigenvalue weighted by Crippen LogP contribution is 2.38. The molecule has 0 saturated carbocycles. The molecule has 1 aromatic carbocycles. The van der Waals surface area contributed by atoms with Crippen LogP contribution < -0.4 is 4.74 Å². The van der Waals surface area contributed by atoms with Gasteiger partial charge in [-0.2, -0.15) is 0 Å². The molecule has 0 aliphatic carbocycles. The average molecular weight is 263 g/mol. The van der Waals surface area contributed by atoms with Crippen LogP contribution in [0.25, 0.3) is 0 Å². The number of aromatic hydroxyl groups is 1. The molecule has 0 bridgehead atoms. The van der Waals surface area contributed by atoms with Crippen LogP contribution >= 0.6 is 0 Å². The van der Waals surface area contributed by atoms with Crippen molar-refractivity contribution in [1.29, 1.82) is 0 Å². The Kier molecular flexibility index (Phi) is 3.62. The van der Waals surface area contributed by atoms with Gasteiger partial charge in [0.15, 0.2) is 0 Å². The summed E-state index contributed by atoms with van der Waals surface area (Å²) in [6.45, 7) is 5.68. The van der Waals surface area contributed by atoms with Gasteiger partial charge in [-0.25, -0.2) is 0 Å². The number of hydrogen-bond donors (Lipinski definition) is 1. The first-order valence-corrected chi connectivity index (χ1v) is 7.09. The van der Waals surface area contributed by atoms with Crippen LogP contribution in [0.1, 0.15) is 31.4 Å². The van der Waals surface area contributed by atoms with E-state index in [1.807, 2.05) is 6.07 Å². The van der Waals surface area contributed by atoms with Crippen LogP contribution in [-0.4, -0.2) is 42.4 Å². The van der Waals surface area contributed by atoms with Gasteiger partial charge < -0.3 is 14.6 Å². The summed E-state index contributed by atoms with van der Waals surface area (Å²) in [5, 5.41) is 9.49. The summed E-state index contributed by atoms with van der Waals surface area (Å²) in [7, 11) is 0. The van der Waals surface area contributed by atoms with Crippen molar-refractivity contribution in [3.63, 3.8) is 0 Å². The maximum Gasteiger partial charge on any atom is 0.127 e. The molecule has 2 aliphatic heterocycles. The van der Waals surface area contributed by atoms with E-state index in [-0.39, 0.29) is 11.8 Å². The van der Waals surface area contributed by atoms with Crippen LogP contribution in [0.2, 0.25) is 0 Å². The molecule has 104 valence electrons. The Hall–Kier alpha value is -1.26. The van der Waals surface area contributed by atoms with Gasteiger partial charge in [0.1, 0.15) is 18.1 Å². The SMILES string of the molecule is CCN(CC1CCCO1)C1COc2cc(O)ccc21. The zero-order chi connectivity index (χ0) is 13.2. The van der Waals surface area contributed by atoms with Gasteiger partial charge in [0.2, 0.25) is 0 Å². The molecule has 0 radical (unpaired) electrons. The van der Waals surface area contributed by atoms with Gasteiger partial charge in [0.05, 0.1) is 12.1 Å². The van der Waals surface area contributed by atoms with E-state index in [1.165, 1.54) is 12.0 Å². The van der Waals surface area contributed by atoms with Crippen LogP contribution in [0.5, 0.6) is 11.5 Å². The predicted molar refractivity (Wildman–Crippen MR) is 72.6 cm³/mol. The largest absolute Gasteiger partial charge is 0.508 e. The minimum atomic E-state index is 0.265. The van der Waals surface area contributed by atoms with Crippen molar-refractivity contribution >= 4 is 0 Å². The van der Waals surface area contributed by atoms with Crippen molar-refractivity contribution in [2.24, 2.45) is 0 Å². The molecule has 2 heterocycles.